The molecule has 4 nitrogen and oxygen atoms in total. The monoisotopic (exact) mass is 315 g/mol. The summed E-state index contributed by atoms with van der Waals surface area (Å²) in [6.07, 6.45) is 6.10. The molecule has 1 fully saturated rings. The summed E-state index contributed by atoms with van der Waals surface area (Å²) in [5.74, 6) is 0.602. The van der Waals surface area contributed by atoms with Crippen LogP contribution in [0.5, 0.6) is 0 Å². The molecular weight excluding hydrogens is 294 g/mol. The SMILES string of the molecule is CC(C)c1nc(CC(=O)N2CCCC2c2ccncc2)cs1. The summed E-state index contributed by atoms with van der Waals surface area (Å²) in [6, 6.07) is 4.21. The second kappa shape index (κ2) is 6.57. The molecule has 1 atom stereocenters. The Morgan fingerprint density at radius 2 is 2.18 bits per heavy atom. The predicted molar refractivity (Wildman–Crippen MR) is 87.8 cm³/mol. The topological polar surface area (TPSA) is 46.1 Å². The molecule has 1 unspecified atom stereocenters. The van der Waals surface area contributed by atoms with Crippen LogP contribution in [-0.2, 0) is 11.2 Å². The molecular formula is C17H21N3OS. The molecule has 5 heteroatoms. The van der Waals surface area contributed by atoms with Crippen LogP contribution in [0.4, 0.5) is 0 Å². The van der Waals surface area contributed by atoms with Gasteiger partial charge in [0.25, 0.3) is 0 Å². The van der Waals surface area contributed by atoms with Gasteiger partial charge in [-0.05, 0) is 30.5 Å². The quantitative estimate of drug-likeness (QED) is 0.866. The number of aromatic nitrogens is 2. The van der Waals surface area contributed by atoms with E-state index in [1.165, 1.54) is 5.56 Å². The molecule has 3 heterocycles. The maximum Gasteiger partial charge on any atom is 0.229 e. The van der Waals surface area contributed by atoms with Gasteiger partial charge in [0.2, 0.25) is 5.91 Å². The van der Waals surface area contributed by atoms with Crippen molar-refractivity contribution in [3.8, 4) is 0 Å². The molecule has 0 aliphatic carbocycles. The van der Waals surface area contributed by atoms with Gasteiger partial charge in [0.15, 0.2) is 0 Å². The lowest BCUT2D eigenvalue weighted by atomic mass is 10.1. The van der Waals surface area contributed by atoms with Crippen molar-refractivity contribution in [2.75, 3.05) is 6.54 Å². The summed E-state index contributed by atoms with van der Waals surface area (Å²) >= 11 is 1.65. The first-order valence-corrected chi connectivity index (χ1v) is 8.67. The van der Waals surface area contributed by atoms with Crippen LogP contribution >= 0.6 is 11.3 Å². The molecule has 1 amide bonds. The van der Waals surface area contributed by atoms with Crippen molar-refractivity contribution in [3.63, 3.8) is 0 Å². The first kappa shape index (κ1) is 15.2. The van der Waals surface area contributed by atoms with Gasteiger partial charge in [-0.25, -0.2) is 4.98 Å². The molecule has 0 radical (unpaired) electrons. The van der Waals surface area contributed by atoms with E-state index in [0.717, 1.165) is 30.1 Å². The number of hydrogen-bond acceptors (Lipinski definition) is 4. The van der Waals surface area contributed by atoms with Crippen LogP contribution in [0.3, 0.4) is 0 Å². The molecule has 1 saturated heterocycles. The minimum Gasteiger partial charge on any atom is -0.335 e. The Labute approximate surface area is 135 Å². The van der Waals surface area contributed by atoms with E-state index < -0.39 is 0 Å². The summed E-state index contributed by atoms with van der Waals surface area (Å²) in [5, 5.41) is 3.12. The van der Waals surface area contributed by atoms with Gasteiger partial charge in [-0.3, -0.25) is 9.78 Å². The van der Waals surface area contributed by atoms with Gasteiger partial charge in [-0.15, -0.1) is 11.3 Å². The zero-order chi connectivity index (χ0) is 15.5. The van der Waals surface area contributed by atoms with Gasteiger partial charge >= 0.3 is 0 Å². The van der Waals surface area contributed by atoms with Gasteiger partial charge in [0.05, 0.1) is 23.2 Å². The number of nitrogens with zero attached hydrogens (tertiary/aromatic N) is 3. The second-order valence-corrected chi connectivity index (χ2v) is 6.92. The smallest absolute Gasteiger partial charge is 0.229 e. The lowest BCUT2D eigenvalue weighted by Crippen LogP contribution is -2.31. The first-order chi connectivity index (χ1) is 10.6. The van der Waals surface area contributed by atoms with Crippen LogP contribution in [0.15, 0.2) is 29.9 Å². The summed E-state index contributed by atoms with van der Waals surface area (Å²) in [7, 11) is 0. The summed E-state index contributed by atoms with van der Waals surface area (Å²) in [4.78, 5) is 23.3. The molecule has 0 N–H and O–H groups in total. The highest BCUT2D eigenvalue weighted by Gasteiger charge is 2.30. The molecule has 2 aromatic heterocycles. The molecule has 1 aliphatic rings. The third kappa shape index (κ3) is 3.19. The van der Waals surface area contributed by atoms with E-state index in [2.05, 4.69) is 23.8 Å². The largest absolute Gasteiger partial charge is 0.335 e. The Bertz CT molecular complexity index is 638. The average molecular weight is 315 g/mol. The van der Waals surface area contributed by atoms with Crippen molar-refractivity contribution in [2.45, 2.75) is 45.1 Å². The van der Waals surface area contributed by atoms with Crippen molar-refractivity contribution in [2.24, 2.45) is 0 Å². The van der Waals surface area contributed by atoms with E-state index in [-0.39, 0.29) is 11.9 Å². The third-order valence-electron chi connectivity index (χ3n) is 4.06. The van der Waals surface area contributed by atoms with Crippen molar-refractivity contribution in [1.29, 1.82) is 0 Å². The molecule has 22 heavy (non-hydrogen) atoms. The summed E-state index contributed by atoms with van der Waals surface area (Å²) in [5.41, 5.74) is 2.08. The normalized spacial score (nSPS) is 18.1. The Balaban J connectivity index is 1.70. The molecule has 0 saturated carbocycles. The fourth-order valence-electron chi connectivity index (χ4n) is 2.92. The zero-order valence-electron chi connectivity index (χ0n) is 13.0. The first-order valence-electron chi connectivity index (χ1n) is 7.79. The van der Waals surface area contributed by atoms with Gasteiger partial charge in [-0.2, -0.15) is 0 Å². The van der Waals surface area contributed by atoms with Crippen molar-refractivity contribution in [1.82, 2.24) is 14.9 Å². The van der Waals surface area contributed by atoms with Crippen LogP contribution < -0.4 is 0 Å². The Morgan fingerprint density at radius 1 is 1.41 bits per heavy atom. The van der Waals surface area contributed by atoms with Crippen LogP contribution in [0, 0.1) is 0 Å². The minimum absolute atomic E-state index is 0.180. The fourth-order valence-corrected chi connectivity index (χ4v) is 3.76. The molecule has 0 spiro atoms. The van der Waals surface area contributed by atoms with Crippen molar-refractivity contribution >= 4 is 17.2 Å². The number of carbonyl (C=O) groups is 1. The highest BCUT2D eigenvalue weighted by Crippen LogP contribution is 2.32. The Hall–Kier alpha value is -1.75. The zero-order valence-corrected chi connectivity index (χ0v) is 13.8. The summed E-state index contributed by atoms with van der Waals surface area (Å²) in [6.45, 7) is 5.10. The van der Waals surface area contributed by atoms with Gasteiger partial charge in [0, 0.05) is 30.2 Å². The predicted octanol–water partition coefficient (Wildman–Crippen LogP) is 3.57. The van der Waals surface area contributed by atoms with Gasteiger partial charge in [0.1, 0.15) is 0 Å². The minimum atomic E-state index is 0.180. The molecule has 0 aromatic carbocycles. The highest BCUT2D eigenvalue weighted by molar-refractivity contribution is 7.09. The fraction of sp³-hybridized carbons (Fsp3) is 0.471. The lowest BCUT2D eigenvalue weighted by molar-refractivity contribution is -0.131. The van der Waals surface area contributed by atoms with Gasteiger partial charge < -0.3 is 4.90 Å². The van der Waals surface area contributed by atoms with Crippen LogP contribution in [-0.4, -0.2) is 27.3 Å². The lowest BCUT2D eigenvalue weighted by Gasteiger charge is -2.24. The van der Waals surface area contributed by atoms with Gasteiger partial charge in [-0.1, -0.05) is 13.8 Å². The number of carbonyl (C=O) groups excluding carboxylic acids is 1. The van der Waals surface area contributed by atoms with E-state index in [4.69, 9.17) is 0 Å². The van der Waals surface area contributed by atoms with Crippen LogP contribution in [0.2, 0.25) is 0 Å². The van der Waals surface area contributed by atoms with E-state index in [0.29, 0.717) is 12.3 Å². The number of thiazole rings is 1. The van der Waals surface area contributed by atoms with E-state index in [1.807, 2.05) is 22.4 Å². The maximum atomic E-state index is 12.7. The average Bonchev–Trinajstić information content (AvgIpc) is 3.17. The highest BCUT2D eigenvalue weighted by atomic mass is 32.1. The molecule has 3 rings (SSSR count). The number of rotatable bonds is 4. The standard InChI is InChI=1S/C17H21N3OS/c1-12(2)17-19-14(11-22-17)10-16(21)20-9-3-4-15(20)13-5-7-18-8-6-13/h5-8,11-12,15H,3-4,9-10H2,1-2H3. The number of amides is 1. The molecule has 1 aliphatic heterocycles. The summed E-state index contributed by atoms with van der Waals surface area (Å²) < 4.78 is 0. The Morgan fingerprint density at radius 3 is 2.86 bits per heavy atom. The van der Waals surface area contributed by atoms with Crippen molar-refractivity contribution in [3.05, 3.63) is 46.2 Å². The van der Waals surface area contributed by atoms with Crippen molar-refractivity contribution < 1.29 is 4.79 Å². The molecule has 0 bridgehead atoms. The van der Waals surface area contributed by atoms with E-state index in [1.54, 1.807) is 23.7 Å². The number of hydrogen-bond donors (Lipinski definition) is 0. The number of pyridine rings is 1. The van der Waals surface area contributed by atoms with E-state index in [9.17, 15) is 4.79 Å². The maximum absolute atomic E-state index is 12.7. The second-order valence-electron chi connectivity index (χ2n) is 6.03. The molecule has 116 valence electrons. The Kier molecular flexibility index (Phi) is 4.52. The third-order valence-corrected chi connectivity index (χ3v) is 5.25. The molecule has 2 aromatic rings. The van der Waals surface area contributed by atoms with Crippen LogP contribution in [0.1, 0.15) is 54.9 Å². The van der Waals surface area contributed by atoms with E-state index >= 15 is 0 Å². The van der Waals surface area contributed by atoms with Crippen LogP contribution in [0.25, 0.3) is 0 Å². The number of likely N-dealkylation sites (tertiary alicyclic amines) is 1.